The minimum absolute atomic E-state index is 0.0195. The summed E-state index contributed by atoms with van der Waals surface area (Å²) in [5.41, 5.74) is 0.601. The van der Waals surface area contributed by atoms with Crippen molar-refractivity contribution in [2.75, 3.05) is 13.1 Å². The average molecular weight is 309 g/mol. The zero-order valence-electron chi connectivity index (χ0n) is 12.7. The summed E-state index contributed by atoms with van der Waals surface area (Å²) in [6, 6.07) is 6.40. The number of nitrogens with zero attached hydrogens (tertiary/aromatic N) is 1. The molecular weight excluding hydrogens is 286 g/mol. The fourth-order valence-electron chi connectivity index (χ4n) is 2.76. The highest BCUT2D eigenvalue weighted by Crippen LogP contribution is 2.22. The number of Topliss-reactive ketones (excluding diaryl/α,β-unsaturated/α-hetero) is 1. The molecule has 1 heterocycles. The molecule has 0 bridgehead atoms. The van der Waals surface area contributed by atoms with Crippen molar-refractivity contribution in [2.45, 2.75) is 44.4 Å². The first kappa shape index (κ1) is 16.2. The van der Waals surface area contributed by atoms with E-state index in [0.29, 0.717) is 18.7 Å². The second kappa shape index (κ2) is 6.71. The molecule has 1 aliphatic heterocycles. The molecule has 4 nitrogen and oxygen atoms in total. The number of ketones is 1. The van der Waals surface area contributed by atoms with E-state index >= 15 is 0 Å². The number of benzene rings is 1. The Morgan fingerprint density at radius 3 is 2.10 bits per heavy atom. The van der Waals surface area contributed by atoms with Gasteiger partial charge in [0.15, 0.2) is 5.78 Å². The first-order valence-electron chi connectivity index (χ1n) is 7.65. The molecule has 0 radical (unpaired) electrons. The molecule has 1 saturated heterocycles. The first-order valence-corrected chi connectivity index (χ1v) is 9.09. The van der Waals surface area contributed by atoms with E-state index in [-0.39, 0.29) is 16.6 Å². The standard InChI is InChI=1S/C16H23NO3S/c1-3-13(4-2)16(18)14-7-9-15(10-8-14)21(19,20)17-11-5-6-12-17/h7-10,13H,3-6,11-12H2,1-2H3. The molecule has 1 fully saturated rings. The lowest BCUT2D eigenvalue weighted by Gasteiger charge is -2.16. The van der Waals surface area contributed by atoms with Gasteiger partial charge in [0.2, 0.25) is 10.0 Å². The number of rotatable bonds is 6. The number of hydrogen-bond donors (Lipinski definition) is 0. The molecule has 0 atom stereocenters. The lowest BCUT2D eigenvalue weighted by atomic mass is 9.93. The maximum Gasteiger partial charge on any atom is 0.243 e. The minimum atomic E-state index is -3.39. The molecule has 0 aliphatic carbocycles. The van der Waals surface area contributed by atoms with Crippen LogP contribution in [0.5, 0.6) is 0 Å². The monoisotopic (exact) mass is 309 g/mol. The smallest absolute Gasteiger partial charge is 0.243 e. The van der Waals surface area contributed by atoms with Crippen molar-refractivity contribution in [2.24, 2.45) is 5.92 Å². The Hall–Kier alpha value is -1.20. The van der Waals surface area contributed by atoms with Crippen LogP contribution in [-0.4, -0.2) is 31.6 Å². The van der Waals surface area contributed by atoms with E-state index in [2.05, 4.69) is 0 Å². The third kappa shape index (κ3) is 3.35. The highest BCUT2D eigenvalue weighted by molar-refractivity contribution is 7.89. The van der Waals surface area contributed by atoms with E-state index in [0.717, 1.165) is 25.7 Å². The Kier molecular flexibility index (Phi) is 5.17. The topological polar surface area (TPSA) is 54.5 Å². The fraction of sp³-hybridized carbons (Fsp3) is 0.562. The van der Waals surface area contributed by atoms with Gasteiger partial charge in [-0.2, -0.15) is 4.31 Å². The predicted molar refractivity (Wildman–Crippen MR) is 82.8 cm³/mol. The summed E-state index contributed by atoms with van der Waals surface area (Å²) in [7, 11) is -3.39. The summed E-state index contributed by atoms with van der Waals surface area (Å²) < 4.78 is 26.3. The minimum Gasteiger partial charge on any atom is -0.294 e. The molecule has 5 heteroatoms. The van der Waals surface area contributed by atoms with Gasteiger partial charge in [-0.1, -0.05) is 26.0 Å². The van der Waals surface area contributed by atoms with Crippen LogP contribution in [0, 0.1) is 5.92 Å². The Bertz CT molecular complexity index is 582. The molecular formula is C16H23NO3S. The maximum atomic E-state index is 12.4. The third-order valence-electron chi connectivity index (χ3n) is 4.20. The molecule has 0 spiro atoms. The molecule has 1 aromatic carbocycles. The van der Waals surface area contributed by atoms with Gasteiger partial charge in [-0.15, -0.1) is 0 Å². The maximum absolute atomic E-state index is 12.4. The molecule has 0 N–H and O–H groups in total. The molecule has 0 amide bonds. The van der Waals surface area contributed by atoms with Gasteiger partial charge in [-0.25, -0.2) is 8.42 Å². The zero-order chi connectivity index (χ0) is 15.5. The van der Waals surface area contributed by atoms with Crippen molar-refractivity contribution in [1.82, 2.24) is 4.31 Å². The zero-order valence-corrected chi connectivity index (χ0v) is 13.5. The van der Waals surface area contributed by atoms with Crippen molar-refractivity contribution in [3.05, 3.63) is 29.8 Å². The lowest BCUT2D eigenvalue weighted by Crippen LogP contribution is -2.27. The molecule has 0 saturated carbocycles. The van der Waals surface area contributed by atoms with Gasteiger partial charge >= 0.3 is 0 Å². The van der Waals surface area contributed by atoms with E-state index < -0.39 is 10.0 Å². The summed E-state index contributed by atoms with van der Waals surface area (Å²) in [4.78, 5) is 12.5. The third-order valence-corrected chi connectivity index (χ3v) is 6.11. The summed E-state index contributed by atoms with van der Waals surface area (Å²) in [6.07, 6.45) is 3.46. The molecule has 0 aromatic heterocycles. The van der Waals surface area contributed by atoms with Gasteiger partial charge in [-0.3, -0.25) is 4.79 Å². The number of carbonyl (C=O) groups excluding carboxylic acids is 1. The van der Waals surface area contributed by atoms with E-state index in [9.17, 15) is 13.2 Å². The van der Waals surface area contributed by atoms with Crippen LogP contribution >= 0.6 is 0 Å². The van der Waals surface area contributed by atoms with Crippen LogP contribution in [0.15, 0.2) is 29.2 Å². The summed E-state index contributed by atoms with van der Waals surface area (Å²) in [6.45, 7) is 5.18. The van der Waals surface area contributed by atoms with Crippen molar-refractivity contribution in [1.29, 1.82) is 0 Å². The van der Waals surface area contributed by atoms with Crippen LogP contribution in [-0.2, 0) is 10.0 Å². The van der Waals surface area contributed by atoms with Crippen LogP contribution < -0.4 is 0 Å². The summed E-state index contributed by atoms with van der Waals surface area (Å²) in [5, 5.41) is 0. The number of sulfonamides is 1. The summed E-state index contributed by atoms with van der Waals surface area (Å²) in [5.74, 6) is 0.121. The fourth-order valence-corrected chi connectivity index (χ4v) is 4.28. The first-order chi connectivity index (χ1) is 10.0. The van der Waals surface area contributed by atoms with Crippen LogP contribution in [0.4, 0.5) is 0 Å². The van der Waals surface area contributed by atoms with Gasteiger partial charge in [0.1, 0.15) is 0 Å². The lowest BCUT2D eigenvalue weighted by molar-refractivity contribution is 0.0913. The molecule has 21 heavy (non-hydrogen) atoms. The van der Waals surface area contributed by atoms with Crippen LogP contribution in [0.1, 0.15) is 49.9 Å². The van der Waals surface area contributed by atoms with E-state index in [1.54, 1.807) is 24.3 Å². The van der Waals surface area contributed by atoms with Gasteiger partial charge < -0.3 is 0 Å². The Labute approximate surface area is 127 Å². The van der Waals surface area contributed by atoms with Gasteiger partial charge in [-0.05, 0) is 37.8 Å². The Balaban J connectivity index is 2.21. The van der Waals surface area contributed by atoms with Crippen LogP contribution in [0.2, 0.25) is 0 Å². The SMILES string of the molecule is CCC(CC)C(=O)c1ccc(S(=O)(=O)N2CCCC2)cc1. The van der Waals surface area contributed by atoms with Gasteiger partial charge in [0, 0.05) is 24.6 Å². The van der Waals surface area contributed by atoms with E-state index in [1.165, 1.54) is 4.31 Å². The van der Waals surface area contributed by atoms with Crippen LogP contribution in [0.3, 0.4) is 0 Å². The summed E-state index contributed by atoms with van der Waals surface area (Å²) >= 11 is 0. The van der Waals surface area contributed by atoms with E-state index in [4.69, 9.17) is 0 Å². The largest absolute Gasteiger partial charge is 0.294 e. The highest BCUT2D eigenvalue weighted by atomic mass is 32.2. The molecule has 116 valence electrons. The Morgan fingerprint density at radius 2 is 1.62 bits per heavy atom. The molecule has 0 unspecified atom stereocenters. The van der Waals surface area contributed by atoms with E-state index in [1.807, 2.05) is 13.8 Å². The normalized spacial score (nSPS) is 16.5. The molecule has 1 aliphatic rings. The molecule has 1 aromatic rings. The van der Waals surface area contributed by atoms with Crippen molar-refractivity contribution < 1.29 is 13.2 Å². The second-order valence-corrected chi connectivity index (χ2v) is 7.45. The average Bonchev–Trinajstić information content (AvgIpc) is 3.03. The number of carbonyl (C=O) groups is 1. The molecule has 2 rings (SSSR count). The quantitative estimate of drug-likeness (QED) is 0.759. The second-order valence-electron chi connectivity index (χ2n) is 5.51. The number of hydrogen-bond acceptors (Lipinski definition) is 3. The van der Waals surface area contributed by atoms with Crippen molar-refractivity contribution >= 4 is 15.8 Å². The van der Waals surface area contributed by atoms with Gasteiger partial charge in [0.05, 0.1) is 4.90 Å². The highest BCUT2D eigenvalue weighted by Gasteiger charge is 2.27. The van der Waals surface area contributed by atoms with Crippen molar-refractivity contribution in [3.63, 3.8) is 0 Å². The predicted octanol–water partition coefficient (Wildman–Crippen LogP) is 3.09. The van der Waals surface area contributed by atoms with Gasteiger partial charge in [0.25, 0.3) is 0 Å². The van der Waals surface area contributed by atoms with Crippen molar-refractivity contribution in [3.8, 4) is 0 Å². The van der Waals surface area contributed by atoms with Crippen LogP contribution in [0.25, 0.3) is 0 Å². The Morgan fingerprint density at radius 1 is 1.10 bits per heavy atom.